The van der Waals surface area contributed by atoms with E-state index in [0.29, 0.717) is 10.0 Å². The number of hydrogen-bond acceptors (Lipinski definition) is 2. The normalized spacial score (nSPS) is 16.0. The fraction of sp³-hybridized carbons (Fsp3) is 0.0588. The molecule has 122 valence electrons. The van der Waals surface area contributed by atoms with Crippen molar-refractivity contribution in [1.82, 2.24) is 10.2 Å². The van der Waals surface area contributed by atoms with Crippen LogP contribution in [0.1, 0.15) is 11.1 Å². The van der Waals surface area contributed by atoms with Gasteiger partial charge in [-0.2, -0.15) is 0 Å². The molecule has 1 aliphatic heterocycles. The van der Waals surface area contributed by atoms with E-state index in [1.54, 1.807) is 24.3 Å². The van der Waals surface area contributed by atoms with E-state index in [1.165, 1.54) is 0 Å². The van der Waals surface area contributed by atoms with Gasteiger partial charge in [0, 0.05) is 3.57 Å². The minimum atomic E-state index is -0.455. The topological polar surface area (TPSA) is 49.4 Å². The molecule has 24 heavy (non-hydrogen) atoms. The molecule has 0 unspecified atom stereocenters. The summed E-state index contributed by atoms with van der Waals surface area (Å²) in [5, 5.41) is 3.42. The van der Waals surface area contributed by atoms with E-state index in [-0.39, 0.29) is 18.1 Å². The molecule has 1 aliphatic rings. The number of imide groups is 1. The average Bonchev–Trinajstić information content (AvgIpc) is 2.81. The summed E-state index contributed by atoms with van der Waals surface area (Å²) in [6.45, 7) is 0.130. The number of halogens is 3. The summed E-state index contributed by atoms with van der Waals surface area (Å²) in [7, 11) is 0. The van der Waals surface area contributed by atoms with E-state index in [2.05, 4.69) is 27.9 Å². The number of urea groups is 1. The van der Waals surface area contributed by atoms with Crippen LogP contribution in [0, 0.1) is 3.57 Å². The van der Waals surface area contributed by atoms with Crippen molar-refractivity contribution >= 4 is 63.8 Å². The lowest BCUT2D eigenvalue weighted by atomic mass is 10.2. The Balaban J connectivity index is 1.84. The number of nitrogens with one attached hydrogen (secondary N) is 1. The van der Waals surface area contributed by atoms with Gasteiger partial charge in [0.25, 0.3) is 5.91 Å². The lowest BCUT2D eigenvalue weighted by molar-refractivity contribution is -0.123. The summed E-state index contributed by atoms with van der Waals surface area (Å²) in [6, 6.07) is 12.2. The van der Waals surface area contributed by atoms with Gasteiger partial charge in [0.05, 0.1) is 16.6 Å². The molecule has 7 heteroatoms. The molecule has 0 saturated carbocycles. The van der Waals surface area contributed by atoms with Gasteiger partial charge in [0.2, 0.25) is 0 Å². The number of nitrogens with zero attached hydrogens (tertiary/aromatic N) is 1. The first-order valence-electron chi connectivity index (χ1n) is 6.98. The molecular formula is C17H11Cl2IN2O2. The zero-order chi connectivity index (χ0) is 17.3. The number of benzene rings is 2. The second-order valence-corrected chi connectivity index (χ2v) is 7.13. The molecule has 0 spiro atoms. The number of rotatable bonds is 3. The molecule has 3 rings (SSSR count). The number of carbonyl (C=O) groups excluding carboxylic acids is 2. The Kier molecular flexibility index (Phi) is 5.12. The van der Waals surface area contributed by atoms with Gasteiger partial charge in [-0.1, -0.05) is 47.5 Å². The maximum absolute atomic E-state index is 12.5. The standard InChI is InChI=1S/C17H11Cl2IN2O2/c18-12-6-5-10(7-13(12)19)9-22-16(23)15(21-17(22)24)8-11-3-1-2-4-14(11)20/h1-8H,9H2,(H,21,24). The summed E-state index contributed by atoms with van der Waals surface area (Å²) in [5.74, 6) is -0.370. The number of amides is 3. The Morgan fingerprint density at radius 3 is 2.54 bits per heavy atom. The molecule has 1 fully saturated rings. The molecule has 0 aliphatic carbocycles. The summed E-state index contributed by atoms with van der Waals surface area (Å²) >= 11 is 14.0. The van der Waals surface area contributed by atoms with Crippen LogP contribution in [0.4, 0.5) is 4.79 Å². The zero-order valence-electron chi connectivity index (χ0n) is 12.2. The van der Waals surface area contributed by atoms with Crippen LogP contribution in [0.3, 0.4) is 0 Å². The van der Waals surface area contributed by atoms with E-state index in [0.717, 1.165) is 19.6 Å². The summed E-state index contributed by atoms with van der Waals surface area (Å²) in [4.78, 5) is 25.8. The van der Waals surface area contributed by atoms with Gasteiger partial charge in [-0.05, 0) is 58.0 Å². The first-order chi connectivity index (χ1) is 11.5. The van der Waals surface area contributed by atoms with Crippen molar-refractivity contribution in [2.24, 2.45) is 0 Å². The third-order valence-corrected chi connectivity index (χ3v) is 5.21. The van der Waals surface area contributed by atoms with Gasteiger partial charge in [-0.25, -0.2) is 4.79 Å². The first kappa shape index (κ1) is 17.3. The van der Waals surface area contributed by atoms with Crippen molar-refractivity contribution in [2.75, 3.05) is 0 Å². The van der Waals surface area contributed by atoms with Crippen LogP contribution >= 0.6 is 45.8 Å². The molecule has 2 aromatic carbocycles. The molecule has 3 amide bonds. The van der Waals surface area contributed by atoms with E-state index in [9.17, 15) is 9.59 Å². The highest BCUT2D eigenvalue weighted by Gasteiger charge is 2.33. The minimum Gasteiger partial charge on any atom is -0.303 e. The second kappa shape index (κ2) is 7.13. The van der Waals surface area contributed by atoms with E-state index in [1.807, 2.05) is 24.3 Å². The van der Waals surface area contributed by atoms with E-state index >= 15 is 0 Å². The monoisotopic (exact) mass is 472 g/mol. The van der Waals surface area contributed by atoms with Crippen molar-refractivity contribution in [1.29, 1.82) is 0 Å². The van der Waals surface area contributed by atoms with Crippen molar-refractivity contribution in [3.05, 3.63) is 72.9 Å². The first-order valence-corrected chi connectivity index (χ1v) is 8.82. The maximum Gasteiger partial charge on any atom is 0.329 e. The lowest BCUT2D eigenvalue weighted by Crippen LogP contribution is -2.30. The minimum absolute atomic E-state index is 0.130. The molecule has 0 aromatic heterocycles. The smallest absolute Gasteiger partial charge is 0.303 e. The van der Waals surface area contributed by atoms with Crippen molar-refractivity contribution in [3.8, 4) is 0 Å². The molecule has 1 N–H and O–H groups in total. The SMILES string of the molecule is O=C1NC(=Cc2ccccc2I)C(=O)N1Cc1ccc(Cl)c(Cl)c1. The van der Waals surface area contributed by atoms with Crippen LogP contribution in [-0.4, -0.2) is 16.8 Å². The van der Waals surface area contributed by atoms with Gasteiger partial charge in [-0.3, -0.25) is 9.69 Å². The highest BCUT2D eigenvalue weighted by Crippen LogP contribution is 2.25. The van der Waals surface area contributed by atoms with Crippen LogP contribution in [-0.2, 0) is 11.3 Å². The Morgan fingerprint density at radius 1 is 1.08 bits per heavy atom. The van der Waals surface area contributed by atoms with Gasteiger partial charge in [-0.15, -0.1) is 0 Å². The lowest BCUT2D eigenvalue weighted by Gasteiger charge is -2.12. The van der Waals surface area contributed by atoms with Crippen molar-refractivity contribution in [2.45, 2.75) is 6.54 Å². The van der Waals surface area contributed by atoms with Gasteiger partial charge < -0.3 is 5.32 Å². The Bertz CT molecular complexity index is 867. The molecule has 0 atom stereocenters. The largest absolute Gasteiger partial charge is 0.329 e. The summed E-state index contributed by atoms with van der Waals surface area (Å²) in [5.41, 5.74) is 1.85. The summed E-state index contributed by atoms with van der Waals surface area (Å²) in [6.07, 6.45) is 1.68. The molecule has 1 saturated heterocycles. The number of carbonyl (C=O) groups is 2. The molecule has 0 radical (unpaired) electrons. The molecule has 2 aromatic rings. The van der Waals surface area contributed by atoms with Crippen LogP contribution in [0.2, 0.25) is 10.0 Å². The molecule has 4 nitrogen and oxygen atoms in total. The average molecular weight is 473 g/mol. The Labute approximate surface area is 162 Å². The predicted molar refractivity (Wildman–Crippen MR) is 103 cm³/mol. The number of hydrogen-bond donors (Lipinski definition) is 1. The van der Waals surface area contributed by atoms with Crippen molar-refractivity contribution in [3.63, 3.8) is 0 Å². The van der Waals surface area contributed by atoms with Gasteiger partial charge >= 0.3 is 6.03 Å². The fourth-order valence-electron chi connectivity index (χ4n) is 2.28. The quantitative estimate of drug-likeness (QED) is 0.400. The second-order valence-electron chi connectivity index (χ2n) is 5.15. The molecule has 1 heterocycles. The van der Waals surface area contributed by atoms with Crippen LogP contribution in [0.15, 0.2) is 48.2 Å². The highest BCUT2D eigenvalue weighted by molar-refractivity contribution is 14.1. The van der Waals surface area contributed by atoms with E-state index in [4.69, 9.17) is 23.2 Å². The van der Waals surface area contributed by atoms with Crippen molar-refractivity contribution < 1.29 is 9.59 Å². The fourth-order valence-corrected chi connectivity index (χ4v) is 3.15. The van der Waals surface area contributed by atoms with Gasteiger partial charge in [0.1, 0.15) is 5.70 Å². The summed E-state index contributed by atoms with van der Waals surface area (Å²) < 4.78 is 0.993. The van der Waals surface area contributed by atoms with Crippen LogP contribution < -0.4 is 5.32 Å². The Morgan fingerprint density at radius 2 is 1.83 bits per heavy atom. The van der Waals surface area contributed by atoms with Crippen LogP contribution in [0.25, 0.3) is 6.08 Å². The maximum atomic E-state index is 12.5. The molecular weight excluding hydrogens is 462 g/mol. The third kappa shape index (κ3) is 3.58. The van der Waals surface area contributed by atoms with Gasteiger partial charge in [0.15, 0.2) is 0 Å². The predicted octanol–water partition coefficient (Wildman–Crippen LogP) is 4.69. The zero-order valence-corrected chi connectivity index (χ0v) is 15.9. The third-order valence-electron chi connectivity index (χ3n) is 3.49. The van der Waals surface area contributed by atoms with E-state index < -0.39 is 6.03 Å². The molecule has 0 bridgehead atoms. The van der Waals surface area contributed by atoms with Crippen LogP contribution in [0.5, 0.6) is 0 Å². The highest BCUT2D eigenvalue weighted by atomic mass is 127. The Hall–Kier alpha value is -1.57.